The van der Waals surface area contributed by atoms with Gasteiger partial charge in [-0.3, -0.25) is 4.79 Å². The molecule has 1 amide bonds. The van der Waals surface area contributed by atoms with Crippen LogP contribution >= 0.6 is 0 Å². The summed E-state index contributed by atoms with van der Waals surface area (Å²) in [6.07, 6.45) is -7.95. The molecular formula is C22H42N2O10. The maximum Gasteiger partial charge on any atom is 0.220 e. The first-order valence-corrected chi connectivity index (χ1v) is 12.2. The van der Waals surface area contributed by atoms with Crippen LogP contribution in [0.15, 0.2) is 0 Å². The fraction of sp³-hybridized carbons (Fsp3) is 0.955. The summed E-state index contributed by atoms with van der Waals surface area (Å²) in [6, 6.07) is 0. The Hall–Kier alpha value is -0.930. The summed E-state index contributed by atoms with van der Waals surface area (Å²) in [5.41, 5.74) is 5.50. The van der Waals surface area contributed by atoms with Gasteiger partial charge in [-0.1, -0.05) is 39.0 Å². The number of amides is 1. The van der Waals surface area contributed by atoms with E-state index >= 15 is 0 Å². The summed E-state index contributed by atoms with van der Waals surface area (Å²) < 4.78 is 16.4. The van der Waals surface area contributed by atoms with Crippen molar-refractivity contribution in [3.63, 3.8) is 0 Å². The second kappa shape index (κ2) is 14.6. The first-order chi connectivity index (χ1) is 16.2. The molecule has 0 spiro atoms. The topological polar surface area (TPSA) is 204 Å². The maximum absolute atomic E-state index is 12.1. The van der Waals surface area contributed by atoms with Crippen LogP contribution in [0.3, 0.4) is 0 Å². The second-order valence-corrected chi connectivity index (χ2v) is 9.06. The van der Waals surface area contributed by atoms with Gasteiger partial charge in [0.25, 0.3) is 0 Å². The third kappa shape index (κ3) is 8.05. The normalized spacial score (nSPS) is 38.6. The molecule has 2 rings (SSSR count). The molecule has 10 atom stereocenters. The Labute approximate surface area is 200 Å². The monoisotopic (exact) mass is 494 g/mol. The van der Waals surface area contributed by atoms with Gasteiger partial charge in [-0.05, 0) is 12.8 Å². The number of aliphatic hydroxyl groups excluding tert-OH is 6. The van der Waals surface area contributed by atoms with Gasteiger partial charge < -0.3 is 55.9 Å². The zero-order valence-corrected chi connectivity index (χ0v) is 19.7. The number of nitrogens with one attached hydrogen (secondary N) is 1. The van der Waals surface area contributed by atoms with E-state index in [-0.39, 0.29) is 25.3 Å². The molecule has 10 unspecified atom stereocenters. The maximum atomic E-state index is 12.1. The molecule has 2 fully saturated rings. The smallest absolute Gasteiger partial charge is 0.220 e. The van der Waals surface area contributed by atoms with Crippen molar-refractivity contribution >= 4 is 5.91 Å². The van der Waals surface area contributed by atoms with Gasteiger partial charge >= 0.3 is 0 Å². The highest BCUT2D eigenvalue weighted by molar-refractivity contribution is 5.75. The van der Waals surface area contributed by atoms with Crippen LogP contribution in [0, 0.1) is 0 Å². The second-order valence-electron chi connectivity index (χ2n) is 9.06. The SMILES string of the molecule is CCCCCCCCNC(=O)CCC1OC(OC2OC(CN)C(O)C(O)C2O)C(O)C(O)C1O. The van der Waals surface area contributed by atoms with Crippen LogP contribution in [0.1, 0.15) is 58.3 Å². The summed E-state index contributed by atoms with van der Waals surface area (Å²) in [6.45, 7) is 2.54. The summed E-state index contributed by atoms with van der Waals surface area (Å²) >= 11 is 0. The van der Waals surface area contributed by atoms with Crippen LogP contribution in [-0.4, -0.2) is 111 Å². The summed E-state index contributed by atoms with van der Waals surface area (Å²) in [7, 11) is 0. The lowest BCUT2D eigenvalue weighted by Crippen LogP contribution is -2.63. The molecule has 2 heterocycles. The van der Waals surface area contributed by atoms with Crippen molar-refractivity contribution in [2.24, 2.45) is 5.73 Å². The van der Waals surface area contributed by atoms with Crippen molar-refractivity contribution in [1.82, 2.24) is 5.32 Å². The largest absolute Gasteiger partial charge is 0.388 e. The minimum absolute atomic E-state index is 0.0236. The number of unbranched alkanes of at least 4 members (excludes halogenated alkanes) is 5. The van der Waals surface area contributed by atoms with E-state index in [1.165, 1.54) is 19.3 Å². The van der Waals surface area contributed by atoms with E-state index in [2.05, 4.69) is 12.2 Å². The van der Waals surface area contributed by atoms with E-state index in [1.54, 1.807) is 0 Å². The lowest BCUT2D eigenvalue weighted by Gasteiger charge is -2.45. The van der Waals surface area contributed by atoms with E-state index in [4.69, 9.17) is 19.9 Å². The lowest BCUT2D eigenvalue weighted by atomic mass is 9.95. The molecule has 2 aliphatic heterocycles. The molecule has 0 aliphatic carbocycles. The molecule has 34 heavy (non-hydrogen) atoms. The Morgan fingerprint density at radius 3 is 1.91 bits per heavy atom. The molecule has 9 N–H and O–H groups in total. The Balaban J connectivity index is 1.83. The standard InChI is InChI=1S/C22H42N2O10/c1-2-3-4-5-6-7-10-24-14(25)9-8-12-15(26)17(28)19(30)21(32-12)34-22-20(31)18(29)16(27)13(11-23)33-22/h12-13,15-22,26-31H,2-11,23H2,1H3,(H,24,25). The van der Waals surface area contributed by atoms with Crippen LogP contribution in [0.5, 0.6) is 0 Å². The quantitative estimate of drug-likeness (QED) is 0.129. The summed E-state index contributed by atoms with van der Waals surface area (Å²) in [5, 5.41) is 63.6. The van der Waals surface area contributed by atoms with E-state index in [0.717, 1.165) is 19.3 Å². The van der Waals surface area contributed by atoms with Crippen molar-refractivity contribution in [1.29, 1.82) is 0 Å². The highest BCUT2D eigenvalue weighted by Gasteiger charge is 2.49. The van der Waals surface area contributed by atoms with Gasteiger partial charge in [0.1, 0.15) is 42.7 Å². The van der Waals surface area contributed by atoms with Crippen molar-refractivity contribution in [2.75, 3.05) is 13.1 Å². The predicted octanol–water partition coefficient (Wildman–Crippen LogP) is -2.17. The van der Waals surface area contributed by atoms with Crippen molar-refractivity contribution < 1.29 is 49.6 Å². The molecule has 0 aromatic rings. The van der Waals surface area contributed by atoms with E-state index in [9.17, 15) is 35.4 Å². The summed E-state index contributed by atoms with van der Waals surface area (Å²) in [4.78, 5) is 12.1. The van der Waals surface area contributed by atoms with Gasteiger partial charge in [-0.15, -0.1) is 0 Å². The van der Waals surface area contributed by atoms with Crippen LogP contribution in [0.2, 0.25) is 0 Å². The lowest BCUT2D eigenvalue weighted by molar-refractivity contribution is -0.373. The molecule has 0 aromatic heterocycles. The fourth-order valence-corrected chi connectivity index (χ4v) is 4.12. The van der Waals surface area contributed by atoms with Crippen LogP contribution in [-0.2, 0) is 19.0 Å². The molecule has 0 saturated carbocycles. The van der Waals surface area contributed by atoms with Crippen LogP contribution in [0.25, 0.3) is 0 Å². The van der Waals surface area contributed by atoms with Gasteiger partial charge in [0.15, 0.2) is 12.6 Å². The number of carbonyl (C=O) groups is 1. The number of carbonyl (C=O) groups excluding carboxylic acids is 1. The first kappa shape index (κ1) is 29.3. The van der Waals surface area contributed by atoms with E-state index in [0.29, 0.717) is 6.54 Å². The molecule has 0 bridgehead atoms. The molecule has 0 aromatic carbocycles. The third-order valence-electron chi connectivity index (χ3n) is 6.35. The molecule has 12 nitrogen and oxygen atoms in total. The summed E-state index contributed by atoms with van der Waals surface area (Å²) in [5.74, 6) is -0.226. The Bertz CT molecular complexity index is 598. The number of rotatable bonds is 13. The number of aliphatic hydroxyl groups is 6. The Kier molecular flexibility index (Phi) is 12.6. The van der Waals surface area contributed by atoms with Gasteiger partial charge in [0, 0.05) is 19.5 Å². The minimum Gasteiger partial charge on any atom is -0.388 e. The minimum atomic E-state index is -1.69. The van der Waals surface area contributed by atoms with Crippen molar-refractivity contribution in [2.45, 2.75) is 120 Å². The zero-order chi connectivity index (χ0) is 25.3. The molecule has 2 saturated heterocycles. The molecular weight excluding hydrogens is 452 g/mol. The highest BCUT2D eigenvalue weighted by Crippen LogP contribution is 2.29. The molecule has 200 valence electrons. The van der Waals surface area contributed by atoms with Crippen LogP contribution < -0.4 is 11.1 Å². The van der Waals surface area contributed by atoms with Gasteiger partial charge in [-0.25, -0.2) is 0 Å². The van der Waals surface area contributed by atoms with E-state index in [1.807, 2.05) is 0 Å². The fourth-order valence-electron chi connectivity index (χ4n) is 4.12. The van der Waals surface area contributed by atoms with E-state index < -0.39 is 61.4 Å². The number of hydrogen-bond donors (Lipinski definition) is 8. The number of nitrogens with two attached hydrogens (primary N) is 1. The molecule has 2 aliphatic rings. The average Bonchev–Trinajstić information content (AvgIpc) is 2.83. The number of hydrogen-bond acceptors (Lipinski definition) is 11. The zero-order valence-electron chi connectivity index (χ0n) is 19.7. The Morgan fingerprint density at radius 1 is 0.794 bits per heavy atom. The van der Waals surface area contributed by atoms with Gasteiger partial charge in [-0.2, -0.15) is 0 Å². The van der Waals surface area contributed by atoms with Crippen molar-refractivity contribution in [3.05, 3.63) is 0 Å². The average molecular weight is 495 g/mol. The molecule has 12 heteroatoms. The van der Waals surface area contributed by atoms with Gasteiger partial charge in [0.05, 0.1) is 6.10 Å². The number of ether oxygens (including phenoxy) is 3. The van der Waals surface area contributed by atoms with Crippen molar-refractivity contribution in [3.8, 4) is 0 Å². The van der Waals surface area contributed by atoms with Gasteiger partial charge in [0.2, 0.25) is 5.91 Å². The molecule has 0 radical (unpaired) electrons. The Morgan fingerprint density at radius 2 is 1.32 bits per heavy atom. The first-order valence-electron chi connectivity index (χ1n) is 12.2. The third-order valence-corrected chi connectivity index (χ3v) is 6.35. The predicted molar refractivity (Wildman–Crippen MR) is 119 cm³/mol. The highest BCUT2D eigenvalue weighted by atomic mass is 16.8. The van der Waals surface area contributed by atoms with Crippen LogP contribution in [0.4, 0.5) is 0 Å².